The lowest BCUT2D eigenvalue weighted by molar-refractivity contribution is -0.122. The van der Waals surface area contributed by atoms with E-state index >= 15 is 0 Å². The van der Waals surface area contributed by atoms with Gasteiger partial charge in [-0.1, -0.05) is 18.9 Å². The van der Waals surface area contributed by atoms with E-state index in [0.29, 0.717) is 11.4 Å². The highest BCUT2D eigenvalue weighted by Gasteiger charge is 2.29. The molecule has 1 unspecified atom stereocenters. The molecule has 0 heterocycles. The monoisotopic (exact) mass is 395 g/mol. The van der Waals surface area contributed by atoms with Crippen LogP contribution in [0.15, 0.2) is 36.0 Å². The molecule has 1 aliphatic carbocycles. The minimum atomic E-state index is -3.65. The second-order valence-corrected chi connectivity index (χ2v) is 8.59. The van der Waals surface area contributed by atoms with Crippen LogP contribution >= 0.6 is 0 Å². The number of benzene rings is 1. The fourth-order valence-corrected chi connectivity index (χ4v) is 4.26. The number of anilines is 1. The molecule has 0 saturated carbocycles. The standard InChI is InChI=1S/C19H29N3O4S/c1-15(19(23)21-20-16-9-7-5-4-6-8-10-16)22(27(3,24)25)17-11-13-18(26-2)14-12-17/h9,11-15,20H,4-8,10H2,1-3H3,(H,21,23). The summed E-state index contributed by atoms with van der Waals surface area (Å²) in [6.07, 6.45) is 9.69. The number of hydrazine groups is 1. The van der Waals surface area contributed by atoms with Gasteiger partial charge in [-0.3, -0.25) is 14.5 Å². The molecule has 0 spiro atoms. The van der Waals surface area contributed by atoms with E-state index < -0.39 is 22.0 Å². The summed E-state index contributed by atoms with van der Waals surface area (Å²) in [5.74, 6) is 0.196. The summed E-state index contributed by atoms with van der Waals surface area (Å²) in [5, 5.41) is 0. The first-order valence-corrected chi connectivity index (χ1v) is 11.1. The molecule has 1 atom stereocenters. The van der Waals surface area contributed by atoms with Gasteiger partial charge in [-0.15, -0.1) is 0 Å². The Kier molecular flexibility index (Phi) is 7.53. The number of hydrogen-bond acceptors (Lipinski definition) is 5. The van der Waals surface area contributed by atoms with Crippen LogP contribution in [-0.4, -0.2) is 33.7 Å². The molecule has 2 N–H and O–H groups in total. The summed E-state index contributed by atoms with van der Waals surface area (Å²) in [4.78, 5) is 12.6. The van der Waals surface area contributed by atoms with Crippen molar-refractivity contribution >= 4 is 21.6 Å². The van der Waals surface area contributed by atoms with Crippen molar-refractivity contribution in [3.63, 3.8) is 0 Å². The number of allylic oxidation sites excluding steroid dienone is 2. The Bertz CT molecular complexity index is 760. The second-order valence-electron chi connectivity index (χ2n) is 6.73. The zero-order valence-electron chi connectivity index (χ0n) is 16.2. The molecule has 1 aliphatic rings. The summed E-state index contributed by atoms with van der Waals surface area (Å²) in [5.41, 5.74) is 7.01. The van der Waals surface area contributed by atoms with Crippen LogP contribution < -0.4 is 19.9 Å². The van der Waals surface area contributed by atoms with E-state index in [2.05, 4.69) is 16.9 Å². The lowest BCUT2D eigenvalue weighted by Gasteiger charge is -2.28. The van der Waals surface area contributed by atoms with Crippen molar-refractivity contribution in [3.8, 4) is 5.75 Å². The van der Waals surface area contributed by atoms with Crippen molar-refractivity contribution in [3.05, 3.63) is 36.0 Å². The van der Waals surface area contributed by atoms with Gasteiger partial charge in [0.15, 0.2) is 0 Å². The van der Waals surface area contributed by atoms with Crippen molar-refractivity contribution in [2.24, 2.45) is 0 Å². The number of nitrogens with one attached hydrogen (secondary N) is 2. The van der Waals surface area contributed by atoms with Gasteiger partial charge in [0.2, 0.25) is 10.0 Å². The van der Waals surface area contributed by atoms with Gasteiger partial charge in [0, 0.05) is 5.70 Å². The van der Waals surface area contributed by atoms with Crippen molar-refractivity contribution in [2.75, 3.05) is 17.7 Å². The van der Waals surface area contributed by atoms with Crippen molar-refractivity contribution in [2.45, 2.75) is 51.5 Å². The fourth-order valence-electron chi connectivity index (χ4n) is 3.09. The van der Waals surface area contributed by atoms with Crippen LogP contribution in [0.1, 0.15) is 45.4 Å². The summed E-state index contributed by atoms with van der Waals surface area (Å²) in [7, 11) is -2.11. The van der Waals surface area contributed by atoms with Gasteiger partial charge in [0.1, 0.15) is 11.8 Å². The Morgan fingerprint density at radius 1 is 1.15 bits per heavy atom. The normalized spacial score (nSPS) is 16.3. The number of rotatable bonds is 7. The van der Waals surface area contributed by atoms with Crippen molar-refractivity contribution in [1.82, 2.24) is 10.9 Å². The van der Waals surface area contributed by atoms with E-state index in [1.165, 1.54) is 20.0 Å². The fraction of sp³-hybridized carbons (Fsp3) is 0.526. The Morgan fingerprint density at radius 3 is 2.44 bits per heavy atom. The number of amides is 1. The molecular weight excluding hydrogens is 366 g/mol. The van der Waals surface area contributed by atoms with Crippen LogP contribution in [0.2, 0.25) is 0 Å². The number of methoxy groups -OCH3 is 1. The van der Waals surface area contributed by atoms with Gasteiger partial charge >= 0.3 is 0 Å². The van der Waals surface area contributed by atoms with Crippen LogP contribution in [0.5, 0.6) is 5.75 Å². The first-order valence-electron chi connectivity index (χ1n) is 9.21. The SMILES string of the molecule is COc1ccc(N(C(C)C(=O)NNC2=CCCCCCC2)S(C)(=O)=O)cc1. The quantitative estimate of drug-likeness (QED) is 0.693. The van der Waals surface area contributed by atoms with Gasteiger partial charge in [-0.2, -0.15) is 0 Å². The smallest absolute Gasteiger partial charge is 0.261 e. The average molecular weight is 396 g/mol. The summed E-state index contributed by atoms with van der Waals surface area (Å²) in [6, 6.07) is 5.66. The third-order valence-corrected chi connectivity index (χ3v) is 5.79. The van der Waals surface area contributed by atoms with Crippen LogP contribution in [-0.2, 0) is 14.8 Å². The van der Waals surface area contributed by atoms with Crippen LogP contribution in [0.25, 0.3) is 0 Å². The Balaban J connectivity index is 2.09. The predicted octanol–water partition coefficient (Wildman–Crippen LogP) is 2.71. The van der Waals surface area contributed by atoms with Gasteiger partial charge in [-0.25, -0.2) is 8.42 Å². The number of hydrogen-bond donors (Lipinski definition) is 2. The first kappa shape index (κ1) is 21.1. The second kappa shape index (κ2) is 9.64. The zero-order chi connectivity index (χ0) is 19.9. The molecule has 1 aromatic carbocycles. The maximum absolute atomic E-state index is 12.6. The highest BCUT2D eigenvalue weighted by Crippen LogP contribution is 2.23. The van der Waals surface area contributed by atoms with E-state index in [4.69, 9.17) is 4.74 Å². The topological polar surface area (TPSA) is 87.7 Å². The minimum absolute atomic E-state index is 0.408. The molecule has 1 amide bonds. The molecular formula is C19H29N3O4S. The van der Waals surface area contributed by atoms with E-state index in [1.807, 2.05) is 0 Å². The molecule has 0 aromatic heterocycles. The molecule has 0 radical (unpaired) electrons. The highest BCUT2D eigenvalue weighted by atomic mass is 32.2. The first-order chi connectivity index (χ1) is 12.8. The summed E-state index contributed by atoms with van der Waals surface area (Å²) >= 11 is 0. The number of ether oxygens (including phenoxy) is 1. The highest BCUT2D eigenvalue weighted by molar-refractivity contribution is 7.92. The van der Waals surface area contributed by atoms with Gasteiger partial charge in [0.25, 0.3) is 5.91 Å². The Hall–Kier alpha value is -2.22. The maximum Gasteiger partial charge on any atom is 0.261 e. The number of carbonyl (C=O) groups is 1. The lowest BCUT2D eigenvalue weighted by Crippen LogP contribution is -2.51. The van der Waals surface area contributed by atoms with Crippen molar-refractivity contribution in [1.29, 1.82) is 0 Å². The largest absolute Gasteiger partial charge is 0.497 e. The van der Waals surface area contributed by atoms with Gasteiger partial charge < -0.3 is 10.2 Å². The number of sulfonamides is 1. The third-order valence-electron chi connectivity index (χ3n) is 4.55. The van der Waals surface area contributed by atoms with Gasteiger partial charge in [-0.05, 0) is 56.9 Å². The van der Waals surface area contributed by atoms with Gasteiger partial charge in [0.05, 0.1) is 19.1 Å². The van der Waals surface area contributed by atoms with E-state index in [9.17, 15) is 13.2 Å². The molecule has 150 valence electrons. The molecule has 27 heavy (non-hydrogen) atoms. The number of carbonyl (C=O) groups excluding carboxylic acids is 1. The third kappa shape index (κ3) is 6.16. The van der Waals surface area contributed by atoms with E-state index in [1.54, 1.807) is 31.2 Å². The minimum Gasteiger partial charge on any atom is -0.497 e. The summed E-state index contributed by atoms with van der Waals surface area (Å²) < 4.78 is 30.8. The van der Waals surface area contributed by atoms with E-state index in [-0.39, 0.29) is 0 Å². The molecule has 0 bridgehead atoms. The Morgan fingerprint density at radius 2 is 1.81 bits per heavy atom. The summed E-state index contributed by atoms with van der Waals surface area (Å²) in [6.45, 7) is 1.56. The molecule has 0 aliphatic heterocycles. The van der Waals surface area contributed by atoms with Crippen LogP contribution in [0.4, 0.5) is 5.69 Å². The van der Waals surface area contributed by atoms with Crippen LogP contribution in [0.3, 0.4) is 0 Å². The predicted molar refractivity (Wildman–Crippen MR) is 107 cm³/mol. The molecule has 1 aromatic rings. The molecule has 7 nitrogen and oxygen atoms in total. The molecule has 0 fully saturated rings. The lowest BCUT2D eigenvalue weighted by atomic mass is 10.0. The average Bonchev–Trinajstić information content (AvgIpc) is 2.60. The Labute approximate surface area is 161 Å². The van der Waals surface area contributed by atoms with E-state index in [0.717, 1.165) is 41.9 Å². The molecule has 0 saturated heterocycles. The van der Waals surface area contributed by atoms with Crippen LogP contribution in [0, 0.1) is 0 Å². The zero-order valence-corrected chi connectivity index (χ0v) is 17.0. The number of nitrogens with zero attached hydrogens (tertiary/aromatic N) is 1. The van der Waals surface area contributed by atoms with Crippen molar-refractivity contribution < 1.29 is 17.9 Å². The maximum atomic E-state index is 12.6. The molecule has 8 heteroatoms. The molecule has 2 rings (SSSR count).